The summed E-state index contributed by atoms with van der Waals surface area (Å²) in [4.78, 5) is 12.6. The van der Waals surface area contributed by atoms with E-state index in [0.29, 0.717) is 18.8 Å². The fraction of sp³-hybridized carbons (Fsp3) is 0.143. The molecule has 4 aromatic rings. The minimum absolute atomic E-state index is 0.0427. The van der Waals surface area contributed by atoms with Gasteiger partial charge < -0.3 is 14.6 Å². The van der Waals surface area contributed by atoms with Crippen LogP contribution in [0.1, 0.15) is 16.7 Å². The summed E-state index contributed by atoms with van der Waals surface area (Å²) >= 11 is 0. The molecule has 0 saturated carbocycles. The fourth-order valence-electron chi connectivity index (χ4n) is 3.73. The van der Waals surface area contributed by atoms with Crippen LogP contribution in [0.3, 0.4) is 0 Å². The van der Waals surface area contributed by atoms with Gasteiger partial charge in [0.15, 0.2) is 0 Å². The fourth-order valence-corrected chi connectivity index (χ4v) is 3.73. The molecular weight excluding hydrogens is 429 g/mol. The number of aryl methyl sites for hydroxylation is 2. The van der Waals surface area contributed by atoms with E-state index in [0.717, 1.165) is 33.3 Å². The van der Waals surface area contributed by atoms with E-state index in [2.05, 4.69) is 16.0 Å². The maximum absolute atomic E-state index is 13.1. The number of carbonyl (C=O) groups is 1. The lowest BCUT2D eigenvalue weighted by atomic mass is 10.1. The van der Waals surface area contributed by atoms with Gasteiger partial charge in [-0.3, -0.25) is 4.79 Å². The summed E-state index contributed by atoms with van der Waals surface area (Å²) in [6, 6.07) is 21.3. The highest BCUT2D eigenvalue weighted by Crippen LogP contribution is 2.25. The predicted octanol–water partition coefficient (Wildman–Crippen LogP) is 6.02. The van der Waals surface area contributed by atoms with E-state index in [4.69, 9.17) is 4.74 Å². The van der Waals surface area contributed by atoms with Crippen LogP contribution in [0.25, 0.3) is 17.0 Å². The Hall–Kier alpha value is -4.37. The number of nitrogens with one attached hydrogen (secondary N) is 1. The standard InChI is InChI=1S/C28H24FN3O2/c1-19-7-8-20(2)27(15-19)34-14-13-32-18-22(25-5-3-4-6-26(25)32)16-21(17-30)28(33)31-24-11-9-23(29)10-12-24/h3-12,15-16,18H,13-14H2,1-2H3,(H,31,33). The monoisotopic (exact) mass is 453 g/mol. The van der Waals surface area contributed by atoms with Gasteiger partial charge in [0.2, 0.25) is 0 Å². The Morgan fingerprint density at radius 1 is 1.12 bits per heavy atom. The van der Waals surface area contributed by atoms with Gasteiger partial charge in [0, 0.05) is 28.4 Å². The van der Waals surface area contributed by atoms with E-state index >= 15 is 0 Å². The highest BCUT2D eigenvalue weighted by molar-refractivity contribution is 6.10. The summed E-state index contributed by atoms with van der Waals surface area (Å²) in [7, 11) is 0. The van der Waals surface area contributed by atoms with Crippen LogP contribution in [0, 0.1) is 31.0 Å². The van der Waals surface area contributed by atoms with E-state index in [1.165, 1.54) is 24.3 Å². The Balaban J connectivity index is 1.56. The SMILES string of the molecule is Cc1ccc(C)c(OCCn2cc(C=C(C#N)C(=O)Nc3ccc(F)cc3)c3ccccc32)c1. The van der Waals surface area contributed by atoms with Crippen LogP contribution in [-0.2, 0) is 11.3 Å². The van der Waals surface area contributed by atoms with Gasteiger partial charge in [0.25, 0.3) is 5.91 Å². The largest absolute Gasteiger partial charge is 0.491 e. The topological polar surface area (TPSA) is 67.0 Å². The van der Waals surface area contributed by atoms with Crippen molar-refractivity contribution in [3.63, 3.8) is 0 Å². The average Bonchev–Trinajstić information content (AvgIpc) is 3.18. The van der Waals surface area contributed by atoms with E-state index in [-0.39, 0.29) is 5.57 Å². The van der Waals surface area contributed by atoms with Gasteiger partial charge in [-0.15, -0.1) is 0 Å². The van der Waals surface area contributed by atoms with Crippen molar-refractivity contribution in [2.24, 2.45) is 0 Å². The molecule has 0 bridgehead atoms. The van der Waals surface area contributed by atoms with E-state index in [1.807, 2.05) is 62.5 Å². The molecule has 5 nitrogen and oxygen atoms in total. The zero-order chi connectivity index (χ0) is 24.1. The molecule has 4 rings (SSSR count). The van der Waals surface area contributed by atoms with E-state index < -0.39 is 11.7 Å². The van der Waals surface area contributed by atoms with E-state index in [9.17, 15) is 14.4 Å². The van der Waals surface area contributed by atoms with Crippen LogP contribution >= 0.6 is 0 Å². The van der Waals surface area contributed by atoms with Crippen LogP contribution in [-0.4, -0.2) is 17.1 Å². The number of ether oxygens (including phenoxy) is 1. The third-order valence-electron chi connectivity index (χ3n) is 5.52. The van der Waals surface area contributed by atoms with Crippen molar-refractivity contribution in [3.8, 4) is 11.8 Å². The van der Waals surface area contributed by atoms with Gasteiger partial charge in [0.05, 0.1) is 6.54 Å². The first-order chi connectivity index (χ1) is 16.4. The summed E-state index contributed by atoms with van der Waals surface area (Å²) in [6.45, 7) is 5.13. The Kier molecular flexibility index (Phi) is 6.74. The number of nitrogens with zero attached hydrogens (tertiary/aromatic N) is 2. The molecule has 0 radical (unpaired) electrons. The Labute approximate surface area is 197 Å². The molecule has 1 N–H and O–H groups in total. The zero-order valence-corrected chi connectivity index (χ0v) is 19.0. The third kappa shape index (κ3) is 5.16. The Morgan fingerprint density at radius 2 is 1.88 bits per heavy atom. The molecule has 3 aromatic carbocycles. The number of halogens is 1. The minimum atomic E-state index is -0.552. The lowest BCUT2D eigenvalue weighted by Gasteiger charge is -2.11. The third-order valence-corrected chi connectivity index (χ3v) is 5.52. The summed E-state index contributed by atoms with van der Waals surface area (Å²) in [6.07, 6.45) is 3.49. The number of benzene rings is 3. The van der Waals surface area contributed by atoms with Crippen molar-refractivity contribution in [1.82, 2.24) is 4.57 Å². The molecule has 170 valence electrons. The maximum atomic E-state index is 13.1. The molecule has 1 aromatic heterocycles. The van der Waals surface area contributed by atoms with Crippen molar-refractivity contribution in [1.29, 1.82) is 5.26 Å². The first-order valence-corrected chi connectivity index (χ1v) is 10.9. The normalized spacial score (nSPS) is 11.3. The number of nitriles is 1. The highest BCUT2D eigenvalue weighted by atomic mass is 19.1. The molecule has 0 atom stereocenters. The number of hydrogen-bond donors (Lipinski definition) is 1. The predicted molar refractivity (Wildman–Crippen MR) is 132 cm³/mol. The highest BCUT2D eigenvalue weighted by Gasteiger charge is 2.13. The van der Waals surface area contributed by atoms with Gasteiger partial charge in [-0.25, -0.2) is 4.39 Å². The van der Waals surface area contributed by atoms with Crippen LogP contribution < -0.4 is 10.1 Å². The van der Waals surface area contributed by atoms with Gasteiger partial charge in [-0.2, -0.15) is 5.26 Å². The summed E-state index contributed by atoms with van der Waals surface area (Å²) < 4.78 is 21.2. The number of carbonyl (C=O) groups excluding carboxylic acids is 1. The second kappa shape index (κ2) is 10.1. The average molecular weight is 454 g/mol. The van der Waals surface area contributed by atoms with E-state index in [1.54, 1.807) is 6.08 Å². The quantitative estimate of drug-likeness (QED) is 0.275. The zero-order valence-electron chi connectivity index (χ0n) is 19.0. The molecular formula is C28H24FN3O2. The molecule has 0 aliphatic rings. The lowest BCUT2D eigenvalue weighted by molar-refractivity contribution is -0.112. The Morgan fingerprint density at radius 3 is 2.65 bits per heavy atom. The Bertz CT molecular complexity index is 1410. The second-order valence-corrected chi connectivity index (χ2v) is 8.04. The summed E-state index contributed by atoms with van der Waals surface area (Å²) in [5, 5.41) is 13.2. The minimum Gasteiger partial charge on any atom is -0.491 e. The first-order valence-electron chi connectivity index (χ1n) is 10.9. The number of amides is 1. The lowest BCUT2D eigenvalue weighted by Crippen LogP contribution is -2.13. The van der Waals surface area contributed by atoms with Crippen LogP contribution in [0.15, 0.2) is 78.5 Å². The van der Waals surface area contributed by atoms with Crippen LogP contribution in [0.2, 0.25) is 0 Å². The van der Waals surface area contributed by atoms with Crippen LogP contribution in [0.4, 0.5) is 10.1 Å². The second-order valence-electron chi connectivity index (χ2n) is 8.04. The molecule has 34 heavy (non-hydrogen) atoms. The molecule has 1 heterocycles. The number of aromatic nitrogens is 1. The van der Waals surface area contributed by atoms with Crippen molar-refractivity contribution in [2.75, 3.05) is 11.9 Å². The molecule has 6 heteroatoms. The van der Waals surface area contributed by atoms with Crippen LogP contribution in [0.5, 0.6) is 5.75 Å². The molecule has 0 fully saturated rings. The molecule has 0 saturated heterocycles. The molecule has 0 unspecified atom stereocenters. The molecule has 0 aliphatic carbocycles. The summed E-state index contributed by atoms with van der Waals surface area (Å²) in [5.41, 5.74) is 4.33. The maximum Gasteiger partial charge on any atom is 0.266 e. The smallest absolute Gasteiger partial charge is 0.266 e. The number of anilines is 1. The van der Waals surface area contributed by atoms with Crippen molar-refractivity contribution in [2.45, 2.75) is 20.4 Å². The van der Waals surface area contributed by atoms with Crippen molar-refractivity contribution in [3.05, 3.63) is 101 Å². The number of fused-ring (bicyclic) bond motifs is 1. The number of rotatable bonds is 7. The molecule has 0 aliphatic heterocycles. The molecule has 0 spiro atoms. The summed E-state index contributed by atoms with van der Waals surface area (Å²) in [5.74, 6) is -0.0894. The van der Waals surface area contributed by atoms with Gasteiger partial charge in [-0.05, 0) is 67.4 Å². The van der Waals surface area contributed by atoms with Gasteiger partial charge in [-0.1, -0.05) is 30.3 Å². The van der Waals surface area contributed by atoms with Crippen molar-refractivity contribution < 1.29 is 13.9 Å². The van der Waals surface area contributed by atoms with Gasteiger partial charge >= 0.3 is 0 Å². The first kappa shape index (κ1) is 22.8. The van der Waals surface area contributed by atoms with Gasteiger partial charge in [0.1, 0.15) is 29.8 Å². The number of hydrogen-bond acceptors (Lipinski definition) is 3. The number of para-hydroxylation sites is 1. The van der Waals surface area contributed by atoms with Crippen molar-refractivity contribution >= 4 is 28.6 Å². The molecule has 1 amide bonds.